The van der Waals surface area contributed by atoms with Crippen molar-refractivity contribution in [1.82, 2.24) is 15.0 Å². The van der Waals surface area contributed by atoms with Gasteiger partial charge in [-0.1, -0.05) is 28.1 Å². The number of benzene rings is 2. The summed E-state index contributed by atoms with van der Waals surface area (Å²) in [4.78, 5) is 1.43. The Balaban J connectivity index is 1.95. The van der Waals surface area contributed by atoms with Gasteiger partial charge in [0.2, 0.25) is 0 Å². The number of aliphatic hydroxyl groups is 1. The van der Waals surface area contributed by atoms with Crippen molar-refractivity contribution in [3.63, 3.8) is 0 Å². The molecule has 0 saturated carbocycles. The first-order chi connectivity index (χ1) is 10.2. The van der Waals surface area contributed by atoms with E-state index in [0.29, 0.717) is 15.7 Å². The van der Waals surface area contributed by atoms with Gasteiger partial charge in [-0.15, -0.1) is 5.10 Å². The van der Waals surface area contributed by atoms with Crippen molar-refractivity contribution < 1.29 is 9.50 Å². The summed E-state index contributed by atoms with van der Waals surface area (Å²) in [6, 6.07) is 12.0. The Bertz CT molecular complexity index is 771. The van der Waals surface area contributed by atoms with Gasteiger partial charge < -0.3 is 5.11 Å². The molecule has 0 saturated heterocycles. The van der Waals surface area contributed by atoms with Crippen LogP contribution in [0.15, 0.2) is 53.1 Å². The van der Waals surface area contributed by atoms with E-state index >= 15 is 0 Å². The van der Waals surface area contributed by atoms with Gasteiger partial charge in [-0.2, -0.15) is 9.90 Å². The maximum absolute atomic E-state index is 13.9. The van der Waals surface area contributed by atoms with Crippen LogP contribution in [-0.4, -0.2) is 20.1 Å². The largest absolute Gasteiger partial charge is 0.392 e. The Morgan fingerprint density at radius 2 is 1.90 bits per heavy atom. The Hall–Kier alpha value is -2.05. The molecule has 1 heterocycles. The SMILES string of the molecule is OCc1ccc(-n2ncc(-c3ccc(Br)cc3F)n2)cc1. The predicted molar refractivity (Wildman–Crippen MR) is 80.4 cm³/mol. The lowest BCUT2D eigenvalue weighted by atomic mass is 10.1. The van der Waals surface area contributed by atoms with Crippen LogP contribution in [0.2, 0.25) is 0 Å². The normalized spacial score (nSPS) is 10.8. The van der Waals surface area contributed by atoms with Crippen LogP contribution in [0.1, 0.15) is 5.56 Å². The smallest absolute Gasteiger partial charge is 0.133 e. The van der Waals surface area contributed by atoms with Crippen molar-refractivity contribution >= 4 is 15.9 Å². The van der Waals surface area contributed by atoms with Gasteiger partial charge >= 0.3 is 0 Å². The second-order valence-corrected chi connectivity index (χ2v) is 5.38. The molecule has 21 heavy (non-hydrogen) atoms. The molecule has 2 aromatic carbocycles. The average molecular weight is 348 g/mol. The lowest BCUT2D eigenvalue weighted by Gasteiger charge is -2.01. The Kier molecular flexibility index (Phi) is 3.81. The van der Waals surface area contributed by atoms with E-state index in [0.717, 1.165) is 11.3 Å². The number of rotatable bonds is 3. The molecule has 0 aliphatic heterocycles. The maximum atomic E-state index is 13.9. The molecular formula is C15H11BrFN3O. The van der Waals surface area contributed by atoms with E-state index < -0.39 is 0 Å². The minimum absolute atomic E-state index is 0.0117. The van der Waals surface area contributed by atoms with Crippen LogP contribution in [0.5, 0.6) is 0 Å². The molecule has 1 aromatic heterocycles. The highest BCUT2D eigenvalue weighted by Gasteiger charge is 2.10. The zero-order valence-electron chi connectivity index (χ0n) is 10.9. The zero-order chi connectivity index (χ0) is 14.8. The number of nitrogens with zero attached hydrogens (tertiary/aromatic N) is 3. The highest BCUT2D eigenvalue weighted by atomic mass is 79.9. The number of hydrogen-bond donors (Lipinski definition) is 1. The van der Waals surface area contributed by atoms with Gasteiger partial charge in [-0.25, -0.2) is 4.39 Å². The molecule has 1 N–H and O–H groups in total. The first-order valence-electron chi connectivity index (χ1n) is 6.25. The highest BCUT2D eigenvalue weighted by molar-refractivity contribution is 9.10. The summed E-state index contributed by atoms with van der Waals surface area (Å²) < 4.78 is 14.6. The van der Waals surface area contributed by atoms with Crippen LogP contribution in [0.4, 0.5) is 4.39 Å². The van der Waals surface area contributed by atoms with Crippen LogP contribution in [0, 0.1) is 5.82 Å². The highest BCUT2D eigenvalue weighted by Crippen LogP contribution is 2.24. The Morgan fingerprint density at radius 1 is 1.14 bits per heavy atom. The van der Waals surface area contributed by atoms with Crippen molar-refractivity contribution in [1.29, 1.82) is 0 Å². The fourth-order valence-electron chi connectivity index (χ4n) is 1.94. The van der Waals surface area contributed by atoms with Gasteiger partial charge in [0.1, 0.15) is 11.5 Å². The molecule has 106 valence electrons. The molecule has 0 unspecified atom stereocenters. The maximum Gasteiger partial charge on any atom is 0.133 e. The van der Waals surface area contributed by atoms with Crippen LogP contribution in [0.3, 0.4) is 0 Å². The van der Waals surface area contributed by atoms with Crippen molar-refractivity contribution in [2.24, 2.45) is 0 Å². The minimum Gasteiger partial charge on any atom is -0.392 e. The lowest BCUT2D eigenvalue weighted by molar-refractivity contribution is 0.282. The van der Waals surface area contributed by atoms with E-state index in [1.165, 1.54) is 17.1 Å². The van der Waals surface area contributed by atoms with Gasteiger partial charge in [0.05, 0.1) is 18.5 Å². The molecule has 0 fully saturated rings. The fourth-order valence-corrected chi connectivity index (χ4v) is 2.28. The molecule has 6 heteroatoms. The van der Waals surface area contributed by atoms with Gasteiger partial charge in [-0.05, 0) is 35.9 Å². The summed E-state index contributed by atoms with van der Waals surface area (Å²) >= 11 is 3.22. The summed E-state index contributed by atoms with van der Waals surface area (Å²) in [5, 5.41) is 17.5. The number of hydrogen-bond acceptors (Lipinski definition) is 3. The van der Waals surface area contributed by atoms with E-state index in [9.17, 15) is 4.39 Å². The second kappa shape index (κ2) is 5.75. The molecule has 3 aromatic rings. The molecule has 4 nitrogen and oxygen atoms in total. The molecule has 0 spiro atoms. The third-order valence-electron chi connectivity index (χ3n) is 3.05. The third kappa shape index (κ3) is 2.86. The summed E-state index contributed by atoms with van der Waals surface area (Å²) in [5.41, 5.74) is 2.42. The van der Waals surface area contributed by atoms with Gasteiger partial charge in [0.15, 0.2) is 0 Å². The van der Waals surface area contributed by atoms with E-state index in [4.69, 9.17) is 5.11 Å². The summed E-state index contributed by atoms with van der Waals surface area (Å²) in [5.74, 6) is -0.355. The van der Waals surface area contributed by atoms with Crippen molar-refractivity contribution in [2.45, 2.75) is 6.61 Å². The van der Waals surface area contributed by atoms with Gasteiger partial charge in [-0.3, -0.25) is 0 Å². The van der Waals surface area contributed by atoms with Crippen molar-refractivity contribution in [3.8, 4) is 16.9 Å². The Labute approximate surface area is 129 Å². The molecule has 0 atom stereocenters. The summed E-state index contributed by atoms with van der Waals surface area (Å²) in [6.07, 6.45) is 1.52. The number of aromatic nitrogens is 3. The summed E-state index contributed by atoms with van der Waals surface area (Å²) in [7, 11) is 0. The topological polar surface area (TPSA) is 50.9 Å². The minimum atomic E-state index is -0.355. The monoisotopic (exact) mass is 347 g/mol. The standard InChI is InChI=1S/C15H11BrFN3O/c16-11-3-6-13(14(17)7-11)15-8-18-20(19-15)12-4-1-10(9-21)2-5-12/h1-8,21H,9H2. The number of aliphatic hydroxyl groups excluding tert-OH is 1. The molecule has 0 aliphatic carbocycles. The summed E-state index contributed by atoms with van der Waals surface area (Å²) in [6.45, 7) is -0.0117. The first-order valence-corrected chi connectivity index (χ1v) is 7.04. The van der Waals surface area contributed by atoms with Crippen molar-refractivity contribution in [3.05, 3.63) is 64.5 Å². The van der Waals surface area contributed by atoms with Crippen LogP contribution in [-0.2, 0) is 6.61 Å². The predicted octanol–water partition coefficient (Wildman–Crippen LogP) is 3.33. The molecule has 0 radical (unpaired) electrons. The van der Waals surface area contributed by atoms with E-state index in [-0.39, 0.29) is 12.4 Å². The third-order valence-corrected chi connectivity index (χ3v) is 3.54. The Morgan fingerprint density at radius 3 is 2.57 bits per heavy atom. The second-order valence-electron chi connectivity index (χ2n) is 4.47. The zero-order valence-corrected chi connectivity index (χ0v) is 12.5. The average Bonchev–Trinajstić information content (AvgIpc) is 2.97. The molecule has 3 rings (SSSR count). The molecule has 0 aliphatic rings. The van der Waals surface area contributed by atoms with Crippen molar-refractivity contribution in [2.75, 3.05) is 0 Å². The molecule has 0 amide bonds. The van der Waals surface area contributed by atoms with E-state index in [2.05, 4.69) is 26.1 Å². The van der Waals surface area contributed by atoms with Crippen LogP contribution >= 0.6 is 15.9 Å². The quantitative estimate of drug-likeness (QED) is 0.790. The molecule has 0 bridgehead atoms. The fraction of sp³-hybridized carbons (Fsp3) is 0.0667. The first kappa shape index (κ1) is 13.9. The van der Waals surface area contributed by atoms with Gasteiger partial charge in [0, 0.05) is 10.0 Å². The van der Waals surface area contributed by atoms with Gasteiger partial charge in [0.25, 0.3) is 0 Å². The lowest BCUT2D eigenvalue weighted by Crippen LogP contribution is -1.99. The van der Waals surface area contributed by atoms with E-state index in [1.807, 2.05) is 0 Å². The number of halogens is 2. The van der Waals surface area contributed by atoms with Crippen LogP contribution < -0.4 is 0 Å². The van der Waals surface area contributed by atoms with E-state index in [1.54, 1.807) is 36.4 Å². The van der Waals surface area contributed by atoms with Crippen LogP contribution in [0.25, 0.3) is 16.9 Å². The molecular weight excluding hydrogens is 337 g/mol.